The van der Waals surface area contributed by atoms with Crippen LogP contribution in [0, 0.1) is 6.92 Å². The summed E-state index contributed by atoms with van der Waals surface area (Å²) in [7, 11) is 3.39. The monoisotopic (exact) mass is 466 g/mol. The van der Waals surface area contributed by atoms with Crippen LogP contribution in [0.5, 0.6) is 0 Å². The summed E-state index contributed by atoms with van der Waals surface area (Å²) in [5.41, 5.74) is 3.43. The summed E-state index contributed by atoms with van der Waals surface area (Å²) in [6.45, 7) is 10.2. The number of hydrogen-bond donors (Lipinski definition) is 0. The van der Waals surface area contributed by atoms with Gasteiger partial charge in [-0.25, -0.2) is 0 Å². The Balaban J connectivity index is 0.000000248. The molecule has 0 N–H and O–H groups in total. The molecule has 1 aliphatic rings. The number of ether oxygens (including phenoxy) is 2. The van der Waals surface area contributed by atoms with Crippen molar-refractivity contribution in [1.29, 1.82) is 0 Å². The Morgan fingerprint density at radius 2 is 1.11 bits per heavy atom. The quantitative estimate of drug-likeness (QED) is 0.297. The molecule has 0 saturated carbocycles. The van der Waals surface area contributed by atoms with E-state index >= 15 is 0 Å². The lowest BCUT2D eigenvalue weighted by molar-refractivity contribution is -0.147. The van der Waals surface area contributed by atoms with Crippen LogP contribution >= 0.6 is 0 Å². The van der Waals surface area contributed by atoms with Gasteiger partial charge in [0.2, 0.25) is 0 Å². The van der Waals surface area contributed by atoms with E-state index < -0.39 is 0 Å². The van der Waals surface area contributed by atoms with Crippen molar-refractivity contribution in [3.63, 3.8) is 0 Å². The zero-order valence-electron chi connectivity index (χ0n) is 22.2. The number of methoxy groups -OCH3 is 2. The molecule has 0 atom stereocenters. The molecule has 182 valence electrons. The highest BCUT2D eigenvalue weighted by Crippen LogP contribution is 2.28. The summed E-state index contributed by atoms with van der Waals surface area (Å²) in [6, 6.07) is 24.5. The Kier molecular flexibility index (Phi) is 7.17. The van der Waals surface area contributed by atoms with Crippen LogP contribution in [0.2, 0.25) is 0 Å². The van der Waals surface area contributed by atoms with Crippen molar-refractivity contribution in [2.45, 2.75) is 58.7 Å². The van der Waals surface area contributed by atoms with E-state index in [9.17, 15) is 0 Å². The first-order chi connectivity index (χ1) is 16.7. The lowest BCUT2D eigenvalue weighted by atomic mass is 9.89. The van der Waals surface area contributed by atoms with Crippen molar-refractivity contribution in [1.82, 2.24) is 0 Å². The van der Waals surface area contributed by atoms with Gasteiger partial charge in [0.15, 0.2) is 0 Å². The first-order valence-electron chi connectivity index (χ1n) is 12.5. The van der Waals surface area contributed by atoms with Crippen molar-refractivity contribution in [2.75, 3.05) is 14.2 Å². The van der Waals surface area contributed by atoms with Crippen molar-refractivity contribution in [2.24, 2.45) is 0 Å². The Morgan fingerprint density at radius 3 is 1.71 bits per heavy atom. The lowest BCUT2D eigenvalue weighted by Gasteiger charge is -2.38. The zero-order valence-corrected chi connectivity index (χ0v) is 22.2. The number of fused-ring (bicyclic) bond motifs is 6. The first kappa shape index (κ1) is 25.2. The molecule has 0 radical (unpaired) electrons. The third-order valence-corrected chi connectivity index (χ3v) is 7.79. The van der Waals surface area contributed by atoms with Gasteiger partial charge < -0.3 is 9.47 Å². The third-order valence-electron chi connectivity index (χ3n) is 7.79. The molecule has 0 unspecified atom stereocenters. The average Bonchev–Trinajstić information content (AvgIpc) is 2.89. The second-order valence-electron chi connectivity index (χ2n) is 10.4. The molecule has 5 rings (SSSR count). The number of rotatable bonds is 4. The van der Waals surface area contributed by atoms with E-state index in [-0.39, 0.29) is 11.2 Å². The molecule has 2 heteroatoms. The van der Waals surface area contributed by atoms with E-state index in [0.717, 1.165) is 12.8 Å². The van der Waals surface area contributed by atoms with E-state index in [4.69, 9.17) is 9.47 Å². The van der Waals surface area contributed by atoms with Gasteiger partial charge in [-0.15, -0.1) is 0 Å². The van der Waals surface area contributed by atoms with Crippen LogP contribution in [0.25, 0.3) is 44.8 Å². The van der Waals surface area contributed by atoms with Crippen LogP contribution in [0.4, 0.5) is 0 Å². The molecule has 2 nitrogen and oxygen atoms in total. The van der Waals surface area contributed by atoms with E-state index in [1.54, 1.807) is 14.2 Å². The normalized spacial score (nSPS) is 13.5. The molecule has 0 heterocycles. The summed E-state index contributed by atoms with van der Waals surface area (Å²) in [5.74, 6) is 0. The fourth-order valence-corrected chi connectivity index (χ4v) is 4.64. The van der Waals surface area contributed by atoms with Crippen LogP contribution in [0.1, 0.15) is 46.1 Å². The Labute approximate surface area is 209 Å². The SMILES string of the molecule is COC(C)(C)C(C)(C)OC.Cc1cccc(-c2ccc3c(c2)c2c(c4ccccc43)=CCCC=2)c1. The standard InChI is InChI=1S/C25H20.C8H18O2/c1-17-7-6-8-18(15-17)19-13-14-24-22-11-3-2-9-20(22)21-10-4-5-12-23(21)25(24)16-19;1-7(2,9-5)8(3,4)10-6/h2-3,6-16H,4-5H2,1H3;1-6H3. The molecular formula is C33H38O2. The van der Waals surface area contributed by atoms with E-state index in [1.807, 2.05) is 27.7 Å². The lowest BCUT2D eigenvalue weighted by Crippen LogP contribution is -2.48. The Morgan fingerprint density at radius 1 is 0.571 bits per heavy atom. The molecule has 0 fully saturated rings. The third kappa shape index (κ3) is 4.91. The summed E-state index contributed by atoms with van der Waals surface area (Å²) < 4.78 is 10.5. The molecule has 4 aromatic carbocycles. The number of aryl methyl sites for hydroxylation is 1. The highest BCUT2D eigenvalue weighted by Gasteiger charge is 2.36. The van der Waals surface area contributed by atoms with Gasteiger partial charge in [-0.1, -0.05) is 78.4 Å². The van der Waals surface area contributed by atoms with Gasteiger partial charge >= 0.3 is 0 Å². The van der Waals surface area contributed by atoms with E-state index in [1.165, 1.54) is 48.7 Å². The maximum absolute atomic E-state index is 5.27. The number of benzene rings is 4. The molecule has 0 spiro atoms. The minimum atomic E-state index is -0.234. The summed E-state index contributed by atoms with van der Waals surface area (Å²) >= 11 is 0. The molecule has 35 heavy (non-hydrogen) atoms. The van der Waals surface area contributed by atoms with Crippen LogP contribution < -0.4 is 10.4 Å². The van der Waals surface area contributed by atoms with Crippen molar-refractivity contribution in [3.05, 3.63) is 82.7 Å². The second-order valence-corrected chi connectivity index (χ2v) is 10.4. The molecule has 0 amide bonds. The predicted octanol–water partition coefficient (Wildman–Crippen LogP) is 7.16. The maximum Gasteiger partial charge on any atom is 0.0905 e. The van der Waals surface area contributed by atoms with Crippen LogP contribution in [0.3, 0.4) is 0 Å². The minimum absolute atomic E-state index is 0.234. The van der Waals surface area contributed by atoms with Crippen molar-refractivity contribution in [3.8, 4) is 11.1 Å². The fourth-order valence-electron chi connectivity index (χ4n) is 4.64. The summed E-state index contributed by atoms with van der Waals surface area (Å²) in [5, 5.41) is 8.30. The average molecular weight is 467 g/mol. The smallest absolute Gasteiger partial charge is 0.0905 e. The largest absolute Gasteiger partial charge is 0.376 e. The van der Waals surface area contributed by atoms with Gasteiger partial charge in [-0.3, -0.25) is 0 Å². The van der Waals surface area contributed by atoms with Crippen molar-refractivity contribution < 1.29 is 9.47 Å². The molecule has 0 aliphatic heterocycles. The maximum atomic E-state index is 5.27. The van der Waals surface area contributed by atoms with Crippen LogP contribution in [-0.2, 0) is 9.47 Å². The van der Waals surface area contributed by atoms with E-state index in [2.05, 4.69) is 85.8 Å². The molecule has 0 aromatic heterocycles. The van der Waals surface area contributed by atoms with Gasteiger partial charge in [-0.05, 0) is 96.6 Å². The van der Waals surface area contributed by atoms with Gasteiger partial charge in [0.1, 0.15) is 0 Å². The second kappa shape index (κ2) is 9.97. The Bertz CT molecular complexity index is 1460. The highest BCUT2D eigenvalue weighted by molar-refractivity contribution is 6.09. The molecule has 0 bridgehead atoms. The van der Waals surface area contributed by atoms with Crippen LogP contribution in [-0.4, -0.2) is 25.4 Å². The van der Waals surface area contributed by atoms with Crippen LogP contribution in [0.15, 0.2) is 66.7 Å². The van der Waals surface area contributed by atoms with Gasteiger partial charge in [0.25, 0.3) is 0 Å². The topological polar surface area (TPSA) is 18.5 Å². The first-order valence-corrected chi connectivity index (χ1v) is 12.5. The van der Waals surface area contributed by atoms with Gasteiger partial charge in [0.05, 0.1) is 11.2 Å². The minimum Gasteiger partial charge on any atom is -0.376 e. The molecular weight excluding hydrogens is 428 g/mol. The highest BCUT2D eigenvalue weighted by atomic mass is 16.5. The van der Waals surface area contributed by atoms with Gasteiger partial charge in [-0.2, -0.15) is 0 Å². The summed E-state index contributed by atoms with van der Waals surface area (Å²) in [6.07, 6.45) is 7.11. The van der Waals surface area contributed by atoms with Gasteiger partial charge in [0, 0.05) is 14.2 Å². The van der Waals surface area contributed by atoms with Crippen molar-refractivity contribution >= 4 is 33.7 Å². The predicted molar refractivity (Wildman–Crippen MR) is 151 cm³/mol. The molecule has 0 saturated heterocycles. The molecule has 4 aromatic rings. The Hall–Kier alpha value is -2.94. The molecule has 1 aliphatic carbocycles. The fraction of sp³-hybridized carbons (Fsp3) is 0.333. The summed E-state index contributed by atoms with van der Waals surface area (Å²) in [4.78, 5) is 0. The van der Waals surface area contributed by atoms with E-state index in [0.29, 0.717) is 0 Å². The zero-order chi connectivity index (χ0) is 25.2. The number of hydrogen-bond acceptors (Lipinski definition) is 2.